The lowest BCUT2D eigenvalue weighted by molar-refractivity contribution is -0.141. The van der Waals surface area contributed by atoms with Crippen LogP contribution in [0.3, 0.4) is 0 Å². The Morgan fingerprint density at radius 2 is 2.21 bits per heavy atom. The van der Waals surface area contributed by atoms with Gasteiger partial charge in [0.25, 0.3) is 5.91 Å². The number of carboxylic acid groups (broad SMARTS) is 1. The van der Waals surface area contributed by atoms with Gasteiger partial charge in [0.15, 0.2) is 0 Å². The first-order valence-corrected chi connectivity index (χ1v) is 5.98. The molecule has 0 saturated carbocycles. The van der Waals surface area contributed by atoms with Gasteiger partial charge in [0.05, 0.1) is 18.6 Å². The minimum atomic E-state index is -0.867. The maximum absolute atomic E-state index is 12.3. The van der Waals surface area contributed by atoms with Crippen molar-refractivity contribution in [2.75, 3.05) is 25.9 Å². The highest BCUT2D eigenvalue weighted by Crippen LogP contribution is 2.24. The summed E-state index contributed by atoms with van der Waals surface area (Å²) >= 11 is 0. The number of rotatable bonds is 3. The zero-order valence-electron chi connectivity index (χ0n) is 10.6. The number of aliphatic carboxylic acids is 1. The first-order chi connectivity index (χ1) is 9.02. The number of hydrogen-bond donors (Lipinski definition) is 2. The molecule has 3 N–H and O–H groups in total. The van der Waals surface area contributed by atoms with Crippen LogP contribution in [-0.4, -0.2) is 42.1 Å². The predicted molar refractivity (Wildman–Crippen MR) is 69.1 cm³/mol. The van der Waals surface area contributed by atoms with Gasteiger partial charge in [0, 0.05) is 18.8 Å². The zero-order chi connectivity index (χ0) is 14.0. The molecule has 1 atom stereocenters. The van der Waals surface area contributed by atoms with Gasteiger partial charge < -0.3 is 20.5 Å². The van der Waals surface area contributed by atoms with Crippen molar-refractivity contribution in [2.24, 2.45) is 5.92 Å². The van der Waals surface area contributed by atoms with Gasteiger partial charge >= 0.3 is 5.97 Å². The Balaban J connectivity index is 2.18. The molecule has 19 heavy (non-hydrogen) atoms. The lowest BCUT2D eigenvalue weighted by Crippen LogP contribution is -2.30. The van der Waals surface area contributed by atoms with Gasteiger partial charge in [-0.15, -0.1) is 0 Å². The molecule has 1 saturated heterocycles. The molecular weight excluding hydrogens is 248 g/mol. The van der Waals surface area contributed by atoms with Crippen molar-refractivity contribution in [3.8, 4) is 5.75 Å². The SMILES string of the molecule is COc1ccc(N)c(C(=O)N2CCC(C(=O)O)C2)c1. The van der Waals surface area contributed by atoms with Gasteiger partial charge in [-0.25, -0.2) is 0 Å². The van der Waals surface area contributed by atoms with E-state index in [0.29, 0.717) is 30.0 Å². The summed E-state index contributed by atoms with van der Waals surface area (Å²) in [5, 5.41) is 8.94. The largest absolute Gasteiger partial charge is 0.497 e. The molecule has 0 aromatic heterocycles. The van der Waals surface area contributed by atoms with Crippen LogP contribution >= 0.6 is 0 Å². The Hall–Kier alpha value is -2.24. The Labute approximate surface area is 110 Å². The van der Waals surface area contributed by atoms with E-state index in [1.807, 2.05) is 0 Å². The van der Waals surface area contributed by atoms with Crippen LogP contribution in [0.2, 0.25) is 0 Å². The Bertz CT molecular complexity index is 515. The Kier molecular flexibility index (Phi) is 3.59. The number of hydrogen-bond acceptors (Lipinski definition) is 4. The fourth-order valence-corrected chi connectivity index (χ4v) is 2.16. The number of nitrogens with two attached hydrogens (primary N) is 1. The van der Waals surface area contributed by atoms with Crippen molar-refractivity contribution < 1.29 is 19.4 Å². The molecule has 0 bridgehead atoms. The number of amides is 1. The standard InChI is InChI=1S/C13H16N2O4/c1-19-9-2-3-11(14)10(6-9)12(16)15-5-4-8(7-15)13(17)18/h2-3,6,8H,4-5,7,14H2,1H3,(H,17,18). The van der Waals surface area contributed by atoms with E-state index in [4.69, 9.17) is 15.6 Å². The van der Waals surface area contributed by atoms with E-state index in [1.165, 1.54) is 12.0 Å². The van der Waals surface area contributed by atoms with Crippen molar-refractivity contribution in [3.05, 3.63) is 23.8 Å². The molecule has 0 spiro atoms. The summed E-state index contributed by atoms with van der Waals surface area (Å²) < 4.78 is 5.06. The van der Waals surface area contributed by atoms with E-state index in [2.05, 4.69) is 0 Å². The fraction of sp³-hybridized carbons (Fsp3) is 0.385. The van der Waals surface area contributed by atoms with Crippen molar-refractivity contribution >= 4 is 17.6 Å². The minimum absolute atomic E-state index is 0.227. The average Bonchev–Trinajstić information content (AvgIpc) is 2.88. The first-order valence-electron chi connectivity index (χ1n) is 5.98. The molecule has 1 aliphatic heterocycles. The van der Waals surface area contributed by atoms with Crippen LogP contribution in [0.15, 0.2) is 18.2 Å². The van der Waals surface area contributed by atoms with E-state index in [-0.39, 0.29) is 12.5 Å². The second-order valence-electron chi connectivity index (χ2n) is 4.53. The van der Waals surface area contributed by atoms with E-state index >= 15 is 0 Å². The van der Waals surface area contributed by atoms with Crippen LogP contribution < -0.4 is 10.5 Å². The molecule has 1 unspecified atom stereocenters. The second-order valence-corrected chi connectivity index (χ2v) is 4.53. The molecule has 0 radical (unpaired) electrons. The number of methoxy groups -OCH3 is 1. The molecule has 1 amide bonds. The van der Waals surface area contributed by atoms with Crippen molar-refractivity contribution in [1.82, 2.24) is 4.90 Å². The maximum atomic E-state index is 12.3. The average molecular weight is 264 g/mol. The molecule has 1 aromatic rings. The first kappa shape index (κ1) is 13.2. The summed E-state index contributed by atoms with van der Waals surface area (Å²) in [6.45, 7) is 0.664. The third-order valence-electron chi connectivity index (χ3n) is 3.32. The quantitative estimate of drug-likeness (QED) is 0.788. The number of benzene rings is 1. The van der Waals surface area contributed by atoms with E-state index < -0.39 is 11.9 Å². The molecule has 1 aromatic carbocycles. The third-order valence-corrected chi connectivity index (χ3v) is 3.32. The minimum Gasteiger partial charge on any atom is -0.497 e. The van der Waals surface area contributed by atoms with Crippen LogP contribution in [0.4, 0.5) is 5.69 Å². The second kappa shape index (κ2) is 5.17. The van der Waals surface area contributed by atoms with Crippen molar-refractivity contribution in [2.45, 2.75) is 6.42 Å². The molecule has 2 rings (SSSR count). The predicted octanol–water partition coefficient (Wildman–Crippen LogP) is 0.824. The summed E-state index contributed by atoms with van der Waals surface area (Å²) in [5.41, 5.74) is 6.51. The lowest BCUT2D eigenvalue weighted by Gasteiger charge is -2.17. The van der Waals surface area contributed by atoms with Crippen LogP contribution in [0.25, 0.3) is 0 Å². The number of nitrogens with zero attached hydrogens (tertiary/aromatic N) is 1. The number of ether oxygens (including phenoxy) is 1. The van der Waals surface area contributed by atoms with E-state index in [0.717, 1.165) is 0 Å². The molecule has 1 fully saturated rings. The molecular formula is C13H16N2O4. The number of anilines is 1. The normalized spacial score (nSPS) is 18.4. The van der Waals surface area contributed by atoms with Gasteiger partial charge in [0.2, 0.25) is 0 Å². The van der Waals surface area contributed by atoms with Gasteiger partial charge in [-0.2, -0.15) is 0 Å². The number of carboxylic acids is 1. The van der Waals surface area contributed by atoms with Gasteiger partial charge in [-0.1, -0.05) is 0 Å². The zero-order valence-corrected chi connectivity index (χ0v) is 10.6. The summed E-state index contributed by atoms with van der Waals surface area (Å²) in [5.74, 6) is -1.06. The molecule has 0 aliphatic carbocycles. The van der Waals surface area contributed by atoms with Gasteiger partial charge in [-0.05, 0) is 24.6 Å². The fourth-order valence-electron chi connectivity index (χ4n) is 2.16. The summed E-state index contributed by atoms with van der Waals surface area (Å²) in [7, 11) is 1.51. The van der Waals surface area contributed by atoms with Crippen LogP contribution in [0.5, 0.6) is 5.75 Å². The lowest BCUT2D eigenvalue weighted by atomic mass is 10.1. The molecule has 1 heterocycles. The van der Waals surface area contributed by atoms with Crippen LogP contribution in [0, 0.1) is 5.92 Å². The van der Waals surface area contributed by atoms with Crippen molar-refractivity contribution in [1.29, 1.82) is 0 Å². The smallest absolute Gasteiger partial charge is 0.308 e. The van der Waals surface area contributed by atoms with Gasteiger partial charge in [0.1, 0.15) is 5.75 Å². The monoisotopic (exact) mass is 264 g/mol. The molecule has 102 valence electrons. The Morgan fingerprint density at radius 1 is 1.47 bits per heavy atom. The molecule has 6 nitrogen and oxygen atoms in total. The van der Waals surface area contributed by atoms with Crippen LogP contribution in [-0.2, 0) is 4.79 Å². The van der Waals surface area contributed by atoms with Gasteiger partial charge in [-0.3, -0.25) is 9.59 Å². The number of nitrogen functional groups attached to an aromatic ring is 1. The third kappa shape index (κ3) is 2.62. The molecule has 1 aliphatic rings. The highest BCUT2D eigenvalue weighted by molar-refractivity contribution is 6.00. The highest BCUT2D eigenvalue weighted by atomic mass is 16.5. The number of carbonyl (C=O) groups excluding carboxylic acids is 1. The topological polar surface area (TPSA) is 92.9 Å². The highest BCUT2D eigenvalue weighted by Gasteiger charge is 2.31. The van der Waals surface area contributed by atoms with E-state index in [1.54, 1.807) is 18.2 Å². The van der Waals surface area contributed by atoms with Crippen molar-refractivity contribution in [3.63, 3.8) is 0 Å². The van der Waals surface area contributed by atoms with Crippen LogP contribution in [0.1, 0.15) is 16.8 Å². The summed E-state index contributed by atoms with van der Waals surface area (Å²) in [6.07, 6.45) is 0.477. The Morgan fingerprint density at radius 3 is 2.79 bits per heavy atom. The number of carbonyl (C=O) groups is 2. The maximum Gasteiger partial charge on any atom is 0.308 e. The molecule has 6 heteroatoms. The van der Waals surface area contributed by atoms with E-state index in [9.17, 15) is 9.59 Å². The summed E-state index contributed by atoms with van der Waals surface area (Å²) in [6, 6.07) is 4.86. The number of likely N-dealkylation sites (tertiary alicyclic amines) is 1. The summed E-state index contributed by atoms with van der Waals surface area (Å²) in [4.78, 5) is 24.7.